The molecule has 0 spiro atoms. The van der Waals surface area contributed by atoms with Crippen molar-refractivity contribution in [2.75, 3.05) is 36.8 Å². The summed E-state index contributed by atoms with van der Waals surface area (Å²) >= 11 is 1.74. The largest absolute Gasteiger partial charge is 0.368 e. The number of anilines is 1. The maximum absolute atomic E-state index is 12.8. The molecule has 1 N–H and O–H groups in total. The summed E-state index contributed by atoms with van der Waals surface area (Å²) in [4.78, 5) is 22.2. The Morgan fingerprint density at radius 2 is 1.88 bits per heavy atom. The van der Waals surface area contributed by atoms with E-state index in [9.17, 15) is 13.2 Å². The number of hydrogen-bond donors (Lipinski definition) is 1. The van der Waals surface area contributed by atoms with Gasteiger partial charge in [-0.25, -0.2) is 18.1 Å². The second-order valence-corrected chi connectivity index (χ2v) is 11.9. The molecule has 33 heavy (non-hydrogen) atoms. The van der Waals surface area contributed by atoms with E-state index in [-0.39, 0.29) is 5.75 Å². The van der Waals surface area contributed by atoms with Crippen LogP contribution in [0, 0.1) is 0 Å². The molecule has 9 heteroatoms. The van der Waals surface area contributed by atoms with E-state index in [0.29, 0.717) is 11.5 Å². The Balaban J connectivity index is 1.31. The molecular weight excluding hydrogens is 456 g/mol. The SMILES string of the molecule is CCS(=O)(=O)NC(=O)c1ccc(C2CC2)cc1N1CCN(Cc2nc3ccccc3s2)CC1. The van der Waals surface area contributed by atoms with Crippen LogP contribution >= 0.6 is 11.3 Å². The molecule has 2 fully saturated rings. The zero-order chi connectivity index (χ0) is 23.0. The summed E-state index contributed by atoms with van der Waals surface area (Å²) in [6.07, 6.45) is 2.34. The van der Waals surface area contributed by atoms with Crippen molar-refractivity contribution in [2.24, 2.45) is 0 Å². The van der Waals surface area contributed by atoms with Crippen LogP contribution in [-0.4, -0.2) is 56.1 Å². The highest BCUT2D eigenvalue weighted by Crippen LogP contribution is 2.42. The van der Waals surface area contributed by atoms with Crippen molar-refractivity contribution < 1.29 is 13.2 Å². The first kappa shape index (κ1) is 22.3. The van der Waals surface area contributed by atoms with E-state index in [1.165, 1.54) is 30.0 Å². The molecule has 1 aliphatic heterocycles. The van der Waals surface area contributed by atoms with Crippen LogP contribution in [0.2, 0.25) is 0 Å². The number of benzene rings is 2. The van der Waals surface area contributed by atoms with Gasteiger partial charge in [-0.15, -0.1) is 11.3 Å². The molecule has 0 radical (unpaired) electrons. The summed E-state index contributed by atoms with van der Waals surface area (Å²) in [6, 6.07) is 14.1. The first-order valence-electron chi connectivity index (χ1n) is 11.4. The molecule has 1 aliphatic carbocycles. The van der Waals surface area contributed by atoms with Crippen molar-refractivity contribution in [3.63, 3.8) is 0 Å². The standard InChI is InChI=1S/C24H28N4O3S2/c1-2-33(30,31)26-24(29)19-10-9-18(17-7-8-17)15-21(19)28-13-11-27(12-14-28)16-23-25-20-5-3-4-6-22(20)32-23/h3-6,9-10,15,17H,2,7-8,11-14,16H2,1H3,(H,26,29). The van der Waals surface area contributed by atoms with Crippen LogP contribution in [0.4, 0.5) is 5.69 Å². The predicted octanol–water partition coefficient (Wildman–Crippen LogP) is 3.58. The van der Waals surface area contributed by atoms with Crippen molar-refractivity contribution in [3.05, 3.63) is 58.6 Å². The zero-order valence-electron chi connectivity index (χ0n) is 18.7. The van der Waals surface area contributed by atoms with Crippen molar-refractivity contribution in [2.45, 2.75) is 32.2 Å². The Bertz CT molecular complexity index is 1240. The number of fused-ring (bicyclic) bond motifs is 1. The normalized spacial score (nSPS) is 17.4. The van der Waals surface area contributed by atoms with Gasteiger partial charge >= 0.3 is 0 Å². The number of rotatable bonds is 7. The van der Waals surface area contributed by atoms with E-state index in [2.05, 4.69) is 26.7 Å². The number of para-hydroxylation sites is 1. The monoisotopic (exact) mass is 484 g/mol. The fourth-order valence-corrected chi connectivity index (χ4v) is 5.81. The minimum absolute atomic E-state index is 0.126. The lowest BCUT2D eigenvalue weighted by Gasteiger charge is -2.36. The van der Waals surface area contributed by atoms with Gasteiger partial charge in [-0.05, 0) is 55.5 Å². The summed E-state index contributed by atoms with van der Waals surface area (Å²) in [5.41, 5.74) is 3.54. The molecule has 0 bridgehead atoms. The molecule has 3 aromatic rings. The quantitative estimate of drug-likeness (QED) is 0.552. The van der Waals surface area contributed by atoms with E-state index >= 15 is 0 Å². The van der Waals surface area contributed by atoms with Crippen LogP contribution in [0.3, 0.4) is 0 Å². The Labute approximate surface area is 198 Å². The Morgan fingerprint density at radius 3 is 2.58 bits per heavy atom. The molecule has 7 nitrogen and oxygen atoms in total. The van der Waals surface area contributed by atoms with Crippen molar-refractivity contribution in [1.29, 1.82) is 0 Å². The van der Waals surface area contributed by atoms with Gasteiger partial charge < -0.3 is 4.90 Å². The van der Waals surface area contributed by atoms with Gasteiger partial charge in [0.15, 0.2) is 0 Å². The average Bonchev–Trinajstić information content (AvgIpc) is 3.58. The van der Waals surface area contributed by atoms with E-state index < -0.39 is 15.9 Å². The smallest absolute Gasteiger partial charge is 0.266 e. The number of sulfonamides is 1. The number of piperazine rings is 1. The zero-order valence-corrected chi connectivity index (χ0v) is 20.3. The summed E-state index contributed by atoms with van der Waals surface area (Å²) < 4.78 is 27.4. The topological polar surface area (TPSA) is 82.6 Å². The van der Waals surface area contributed by atoms with Crippen molar-refractivity contribution in [1.82, 2.24) is 14.6 Å². The van der Waals surface area contributed by atoms with Gasteiger partial charge in [-0.3, -0.25) is 9.69 Å². The van der Waals surface area contributed by atoms with Crippen LogP contribution in [0.15, 0.2) is 42.5 Å². The molecule has 1 saturated carbocycles. The number of nitrogens with one attached hydrogen (secondary N) is 1. The van der Waals surface area contributed by atoms with Crippen LogP contribution < -0.4 is 9.62 Å². The van der Waals surface area contributed by atoms with Crippen molar-refractivity contribution in [3.8, 4) is 0 Å². The minimum atomic E-state index is -3.62. The van der Waals surface area contributed by atoms with Gasteiger partial charge in [0.1, 0.15) is 5.01 Å². The summed E-state index contributed by atoms with van der Waals surface area (Å²) in [5, 5.41) is 1.12. The minimum Gasteiger partial charge on any atom is -0.368 e. The molecule has 5 rings (SSSR count). The van der Waals surface area contributed by atoms with Gasteiger partial charge in [-0.2, -0.15) is 0 Å². The summed E-state index contributed by atoms with van der Waals surface area (Å²) in [6.45, 7) is 5.62. The third kappa shape index (κ3) is 5.05. The first-order chi connectivity index (χ1) is 15.9. The van der Waals surface area contributed by atoms with Crippen molar-refractivity contribution >= 4 is 43.2 Å². The molecule has 2 heterocycles. The van der Waals surface area contributed by atoms with Crippen LogP contribution in [0.25, 0.3) is 10.2 Å². The van der Waals surface area contributed by atoms with Crippen LogP contribution in [0.5, 0.6) is 0 Å². The maximum Gasteiger partial charge on any atom is 0.266 e. The van der Waals surface area contributed by atoms with E-state index in [1.807, 2.05) is 24.3 Å². The summed E-state index contributed by atoms with van der Waals surface area (Å²) in [7, 11) is -3.62. The van der Waals surface area contributed by atoms with Gasteiger partial charge in [0.2, 0.25) is 10.0 Å². The van der Waals surface area contributed by atoms with Gasteiger partial charge in [0.25, 0.3) is 5.91 Å². The molecule has 2 aliphatic rings. The van der Waals surface area contributed by atoms with Crippen LogP contribution in [0.1, 0.15) is 46.6 Å². The highest BCUT2D eigenvalue weighted by Gasteiger charge is 2.28. The first-order valence-corrected chi connectivity index (χ1v) is 13.9. The molecule has 2 aromatic carbocycles. The number of carbonyl (C=O) groups is 1. The fourth-order valence-electron chi connectivity index (χ4n) is 4.27. The number of carbonyl (C=O) groups excluding carboxylic acids is 1. The van der Waals surface area contributed by atoms with E-state index in [0.717, 1.165) is 48.9 Å². The molecule has 0 atom stereocenters. The highest BCUT2D eigenvalue weighted by molar-refractivity contribution is 7.90. The average molecular weight is 485 g/mol. The predicted molar refractivity (Wildman–Crippen MR) is 132 cm³/mol. The van der Waals surface area contributed by atoms with E-state index in [1.54, 1.807) is 17.4 Å². The summed E-state index contributed by atoms with van der Waals surface area (Å²) in [5.74, 6) is -0.120. The Hall–Kier alpha value is -2.49. The number of nitrogens with zero attached hydrogens (tertiary/aromatic N) is 3. The second kappa shape index (κ2) is 9.04. The fraction of sp³-hybridized carbons (Fsp3) is 0.417. The third-order valence-electron chi connectivity index (χ3n) is 6.35. The number of thiazole rings is 1. The molecule has 1 amide bonds. The lowest BCUT2D eigenvalue weighted by atomic mass is 10.0. The number of amides is 1. The van der Waals surface area contributed by atoms with Gasteiger partial charge in [0, 0.05) is 31.9 Å². The molecule has 0 unspecified atom stereocenters. The van der Waals surface area contributed by atoms with Gasteiger partial charge in [0.05, 0.1) is 28.1 Å². The second-order valence-electron chi connectivity index (χ2n) is 8.72. The molecular formula is C24H28N4O3S2. The number of aromatic nitrogens is 1. The Kier molecular flexibility index (Phi) is 6.11. The lowest BCUT2D eigenvalue weighted by Crippen LogP contribution is -2.46. The van der Waals surface area contributed by atoms with E-state index in [4.69, 9.17) is 4.98 Å². The highest BCUT2D eigenvalue weighted by atomic mass is 32.2. The van der Waals surface area contributed by atoms with Gasteiger partial charge in [-0.1, -0.05) is 18.2 Å². The third-order valence-corrected chi connectivity index (χ3v) is 8.63. The number of hydrogen-bond acceptors (Lipinski definition) is 7. The lowest BCUT2D eigenvalue weighted by molar-refractivity contribution is 0.0981. The van der Waals surface area contributed by atoms with Crippen LogP contribution in [-0.2, 0) is 16.6 Å². The molecule has 1 aromatic heterocycles. The molecule has 1 saturated heterocycles. The molecule has 174 valence electrons. The Morgan fingerprint density at radius 1 is 1.12 bits per heavy atom. The maximum atomic E-state index is 12.8.